The molecule has 0 radical (unpaired) electrons. The topological polar surface area (TPSA) is 88.8 Å². The Kier molecular flexibility index (Phi) is 6.04. The summed E-state index contributed by atoms with van der Waals surface area (Å²) in [7, 11) is 0. The van der Waals surface area contributed by atoms with Gasteiger partial charge in [0, 0.05) is 30.0 Å². The normalized spacial score (nSPS) is 16.2. The van der Waals surface area contributed by atoms with E-state index < -0.39 is 0 Å². The van der Waals surface area contributed by atoms with Gasteiger partial charge in [-0.1, -0.05) is 17.7 Å². The Balaban J connectivity index is 1.32. The Morgan fingerprint density at radius 2 is 2.00 bits per heavy atom. The van der Waals surface area contributed by atoms with E-state index in [0.29, 0.717) is 18.7 Å². The van der Waals surface area contributed by atoms with E-state index in [0.717, 1.165) is 46.4 Å². The van der Waals surface area contributed by atoms with Crippen LogP contribution in [0.25, 0.3) is 16.7 Å². The van der Waals surface area contributed by atoms with Crippen LogP contribution in [-0.2, 0) is 11.3 Å². The lowest BCUT2D eigenvalue weighted by Crippen LogP contribution is -2.43. The van der Waals surface area contributed by atoms with Gasteiger partial charge in [0.2, 0.25) is 5.91 Å². The molecule has 0 bridgehead atoms. The van der Waals surface area contributed by atoms with Crippen LogP contribution in [0.15, 0.2) is 59.6 Å². The molecule has 8 nitrogen and oxygen atoms in total. The van der Waals surface area contributed by atoms with Crippen LogP contribution in [0, 0.1) is 12.8 Å². The monoisotopic (exact) mass is 505 g/mol. The summed E-state index contributed by atoms with van der Waals surface area (Å²) >= 11 is 3.38. The molecule has 1 aliphatic rings. The molecule has 0 spiro atoms. The maximum absolute atomic E-state index is 12.9. The number of fused-ring (bicyclic) bond motifs is 1. The van der Waals surface area contributed by atoms with E-state index in [9.17, 15) is 4.79 Å². The molecule has 1 saturated heterocycles. The number of carbonyl (C=O) groups is 1. The summed E-state index contributed by atoms with van der Waals surface area (Å²) in [5.74, 6) is 0.766. The van der Waals surface area contributed by atoms with Crippen LogP contribution in [0.1, 0.15) is 24.1 Å². The molecule has 1 fully saturated rings. The minimum absolute atomic E-state index is 0.0464. The van der Waals surface area contributed by atoms with Gasteiger partial charge >= 0.3 is 0 Å². The van der Waals surface area contributed by atoms with Gasteiger partial charge in [-0.25, -0.2) is 14.6 Å². The van der Waals surface area contributed by atoms with Crippen LogP contribution in [0.4, 0.5) is 5.82 Å². The number of hydrogen-bond donors (Lipinski definition) is 1. The highest BCUT2D eigenvalue weighted by Crippen LogP contribution is 2.28. The third-order valence-corrected chi connectivity index (χ3v) is 6.39. The Labute approximate surface area is 200 Å². The number of halogens is 1. The number of nitrogens with one attached hydrogen (secondary N) is 1. The molecule has 1 N–H and O–H groups in total. The van der Waals surface area contributed by atoms with Crippen molar-refractivity contribution in [2.75, 3.05) is 18.0 Å². The number of benzene rings is 1. The summed E-state index contributed by atoms with van der Waals surface area (Å²) in [5, 5.41) is 8.56. The number of anilines is 1. The number of aromatic nitrogens is 5. The Morgan fingerprint density at radius 1 is 1.15 bits per heavy atom. The quantitative estimate of drug-likeness (QED) is 0.443. The highest BCUT2D eigenvalue weighted by molar-refractivity contribution is 9.10. The smallest absolute Gasteiger partial charge is 0.225 e. The minimum atomic E-state index is -0.105. The number of piperidine rings is 1. The standard InChI is InChI=1S/C24H24BrN7O/c1-16-4-8-20(9-5-16)32-14-21-22(30-32)28-15-29-23(21)31-10-2-3-17(13-31)24(33)27-12-19-7-6-18(25)11-26-19/h4-9,11,14-15,17H,2-3,10,12-13H2,1H3,(H,27,33). The van der Waals surface area contributed by atoms with E-state index in [1.54, 1.807) is 12.5 Å². The molecular formula is C24H24BrN7O. The summed E-state index contributed by atoms with van der Waals surface area (Å²) in [4.78, 5) is 28.3. The number of carbonyl (C=O) groups excluding carboxylic acids is 1. The van der Waals surface area contributed by atoms with Crippen LogP contribution >= 0.6 is 15.9 Å². The fraction of sp³-hybridized carbons (Fsp3) is 0.292. The van der Waals surface area contributed by atoms with Gasteiger partial charge in [0.25, 0.3) is 0 Å². The lowest BCUT2D eigenvalue weighted by molar-refractivity contribution is -0.125. The van der Waals surface area contributed by atoms with Crippen LogP contribution in [0.2, 0.25) is 0 Å². The second-order valence-corrected chi connectivity index (χ2v) is 9.23. The van der Waals surface area contributed by atoms with Crippen molar-refractivity contribution < 1.29 is 4.79 Å². The average molecular weight is 506 g/mol. The summed E-state index contributed by atoms with van der Waals surface area (Å²) in [6.07, 6.45) is 7.03. The fourth-order valence-corrected chi connectivity index (χ4v) is 4.36. The number of rotatable bonds is 5. The molecular weight excluding hydrogens is 482 g/mol. The van der Waals surface area contributed by atoms with E-state index in [4.69, 9.17) is 0 Å². The first kappa shape index (κ1) is 21.5. The van der Waals surface area contributed by atoms with Gasteiger partial charge in [0.1, 0.15) is 12.1 Å². The van der Waals surface area contributed by atoms with Crippen molar-refractivity contribution in [2.24, 2.45) is 5.92 Å². The van der Waals surface area contributed by atoms with Crippen LogP contribution < -0.4 is 10.2 Å². The molecule has 1 amide bonds. The van der Waals surface area contributed by atoms with Gasteiger partial charge in [-0.05, 0) is 60.0 Å². The second-order valence-electron chi connectivity index (χ2n) is 8.31. The zero-order chi connectivity index (χ0) is 22.8. The predicted octanol–water partition coefficient (Wildman–Crippen LogP) is 3.81. The molecule has 1 aromatic carbocycles. The molecule has 9 heteroatoms. The van der Waals surface area contributed by atoms with Crippen molar-refractivity contribution in [1.82, 2.24) is 30.0 Å². The van der Waals surface area contributed by atoms with E-state index in [2.05, 4.69) is 65.3 Å². The molecule has 5 rings (SSSR count). The van der Waals surface area contributed by atoms with Crippen molar-refractivity contribution in [3.63, 3.8) is 0 Å². The maximum Gasteiger partial charge on any atom is 0.225 e. The zero-order valence-corrected chi connectivity index (χ0v) is 19.9. The van der Waals surface area contributed by atoms with Crippen molar-refractivity contribution in [2.45, 2.75) is 26.3 Å². The van der Waals surface area contributed by atoms with Gasteiger partial charge in [-0.2, -0.15) is 0 Å². The average Bonchev–Trinajstić information content (AvgIpc) is 3.28. The molecule has 168 valence electrons. The fourth-order valence-electron chi connectivity index (χ4n) is 4.12. The molecule has 0 saturated carbocycles. The summed E-state index contributed by atoms with van der Waals surface area (Å²) in [6, 6.07) is 12.0. The molecule has 1 aliphatic heterocycles. The highest BCUT2D eigenvalue weighted by Gasteiger charge is 2.28. The van der Waals surface area contributed by atoms with Crippen LogP contribution in [0.3, 0.4) is 0 Å². The van der Waals surface area contributed by atoms with Crippen molar-refractivity contribution in [3.8, 4) is 5.69 Å². The first-order chi connectivity index (χ1) is 16.1. The molecule has 4 aromatic rings. The molecule has 3 aromatic heterocycles. The summed E-state index contributed by atoms with van der Waals surface area (Å²) < 4.78 is 2.75. The lowest BCUT2D eigenvalue weighted by Gasteiger charge is -2.33. The molecule has 4 heterocycles. The molecule has 1 unspecified atom stereocenters. The van der Waals surface area contributed by atoms with Gasteiger partial charge < -0.3 is 10.2 Å². The van der Waals surface area contributed by atoms with Crippen LogP contribution in [0.5, 0.6) is 0 Å². The van der Waals surface area contributed by atoms with Gasteiger partial charge in [0.15, 0.2) is 5.65 Å². The highest BCUT2D eigenvalue weighted by atomic mass is 79.9. The largest absolute Gasteiger partial charge is 0.355 e. The first-order valence-electron chi connectivity index (χ1n) is 11.0. The number of aryl methyl sites for hydroxylation is 1. The summed E-state index contributed by atoms with van der Waals surface area (Å²) in [5.41, 5.74) is 3.65. The Morgan fingerprint density at radius 3 is 2.79 bits per heavy atom. The van der Waals surface area contributed by atoms with Gasteiger partial charge in [-0.15, -0.1) is 5.10 Å². The number of pyridine rings is 1. The van der Waals surface area contributed by atoms with Crippen molar-refractivity contribution in [1.29, 1.82) is 0 Å². The third-order valence-electron chi connectivity index (χ3n) is 5.92. The number of nitrogens with zero attached hydrogens (tertiary/aromatic N) is 6. The third kappa shape index (κ3) is 4.73. The lowest BCUT2D eigenvalue weighted by atomic mass is 9.97. The first-order valence-corrected chi connectivity index (χ1v) is 11.8. The SMILES string of the molecule is Cc1ccc(-n2cc3c(N4CCCC(C(=O)NCc5ccc(Br)cn5)C4)ncnc3n2)cc1. The molecule has 1 atom stereocenters. The van der Waals surface area contributed by atoms with E-state index in [1.807, 2.05) is 35.1 Å². The Hall–Kier alpha value is -3.33. The van der Waals surface area contributed by atoms with E-state index in [-0.39, 0.29) is 11.8 Å². The summed E-state index contributed by atoms with van der Waals surface area (Å²) in [6.45, 7) is 3.94. The number of hydrogen-bond acceptors (Lipinski definition) is 6. The van der Waals surface area contributed by atoms with Gasteiger partial charge in [0.05, 0.1) is 29.2 Å². The molecule has 0 aliphatic carbocycles. The van der Waals surface area contributed by atoms with E-state index >= 15 is 0 Å². The second kappa shape index (κ2) is 9.27. The van der Waals surface area contributed by atoms with E-state index in [1.165, 1.54) is 5.56 Å². The molecule has 33 heavy (non-hydrogen) atoms. The zero-order valence-electron chi connectivity index (χ0n) is 18.3. The van der Waals surface area contributed by atoms with Crippen molar-refractivity contribution in [3.05, 3.63) is 70.8 Å². The van der Waals surface area contributed by atoms with Crippen LogP contribution in [-0.4, -0.2) is 43.7 Å². The van der Waals surface area contributed by atoms with Gasteiger partial charge in [-0.3, -0.25) is 9.78 Å². The number of amides is 1. The Bertz CT molecular complexity index is 1270. The predicted molar refractivity (Wildman–Crippen MR) is 130 cm³/mol. The minimum Gasteiger partial charge on any atom is -0.355 e. The maximum atomic E-state index is 12.9. The van der Waals surface area contributed by atoms with Crippen molar-refractivity contribution >= 4 is 38.7 Å².